The summed E-state index contributed by atoms with van der Waals surface area (Å²) in [5.41, 5.74) is 2.91. The lowest BCUT2D eigenvalue weighted by Crippen LogP contribution is -1.90. The Kier molecular flexibility index (Phi) is 4.93. The first-order valence-electron chi connectivity index (χ1n) is 4.45. The predicted octanol–water partition coefficient (Wildman–Crippen LogP) is 3.95. The molecule has 0 aliphatic heterocycles. The average molecular weight is 152 g/mol. The highest BCUT2D eigenvalue weighted by Gasteiger charge is 1.97. The number of allylic oxidation sites excluding steroid dienone is 4. The molecule has 64 valence electrons. The van der Waals surface area contributed by atoms with Crippen LogP contribution in [0.4, 0.5) is 0 Å². The summed E-state index contributed by atoms with van der Waals surface area (Å²) in [4.78, 5) is 0. The molecule has 0 aromatic rings. The molecule has 0 aliphatic carbocycles. The van der Waals surface area contributed by atoms with Gasteiger partial charge in [-0.25, -0.2) is 0 Å². The Balaban J connectivity index is 4.32. The summed E-state index contributed by atoms with van der Waals surface area (Å²) < 4.78 is 0. The van der Waals surface area contributed by atoms with Gasteiger partial charge in [0.05, 0.1) is 0 Å². The summed E-state index contributed by atoms with van der Waals surface area (Å²) in [6.45, 7) is 10.9. The topological polar surface area (TPSA) is 0 Å². The molecule has 0 aliphatic rings. The van der Waals surface area contributed by atoms with Crippen LogP contribution in [0.25, 0.3) is 0 Å². The SMILES string of the molecule is C/C=C(\C=C(/C)CC)C(C)C. The Labute approximate surface area is 71.0 Å². The minimum absolute atomic E-state index is 0.654. The highest BCUT2D eigenvalue weighted by atomic mass is 14.0. The van der Waals surface area contributed by atoms with E-state index in [0.29, 0.717) is 5.92 Å². The van der Waals surface area contributed by atoms with Crippen LogP contribution in [0, 0.1) is 5.92 Å². The van der Waals surface area contributed by atoms with Gasteiger partial charge in [-0.15, -0.1) is 0 Å². The van der Waals surface area contributed by atoms with Crippen LogP contribution in [0.1, 0.15) is 41.0 Å². The molecule has 0 rings (SSSR count). The second-order valence-electron chi connectivity index (χ2n) is 3.29. The predicted molar refractivity (Wildman–Crippen MR) is 52.6 cm³/mol. The van der Waals surface area contributed by atoms with Crippen molar-refractivity contribution >= 4 is 0 Å². The van der Waals surface area contributed by atoms with Gasteiger partial charge < -0.3 is 0 Å². The average Bonchev–Trinajstić information content (AvgIpc) is 1.99. The maximum absolute atomic E-state index is 2.30. The summed E-state index contributed by atoms with van der Waals surface area (Å²) in [6.07, 6.45) is 5.65. The van der Waals surface area contributed by atoms with Crippen LogP contribution in [0.2, 0.25) is 0 Å². The molecule has 11 heavy (non-hydrogen) atoms. The van der Waals surface area contributed by atoms with Crippen molar-refractivity contribution < 1.29 is 0 Å². The third-order valence-electron chi connectivity index (χ3n) is 1.97. The molecule has 0 heteroatoms. The molecule has 0 radical (unpaired) electrons. The normalized spacial score (nSPS) is 14.4. The van der Waals surface area contributed by atoms with E-state index in [1.165, 1.54) is 11.1 Å². The van der Waals surface area contributed by atoms with Crippen LogP contribution in [-0.4, -0.2) is 0 Å². The monoisotopic (exact) mass is 152 g/mol. The summed E-state index contributed by atoms with van der Waals surface area (Å²) in [7, 11) is 0. The first-order chi connectivity index (χ1) is 5.11. The molecule has 0 aromatic heterocycles. The second-order valence-corrected chi connectivity index (χ2v) is 3.29. The Morgan fingerprint density at radius 3 is 2.18 bits per heavy atom. The van der Waals surface area contributed by atoms with Crippen molar-refractivity contribution in [1.29, 1.82) is 0 Å². The van der Waals surface area contributed by atoms with Gasteiger partial charge in [0.1, 0.15) is 0 Å². The molecule has 0 spiro atoms. The zero-order valence-corrected chi connectivity index (χ0v) is 8.44. The second kappa shape index (κ2) is 5.17. The zero-order chi connectivity index (χ0) is 8.85. The minimum Gasteiger partial charge on any atom is -0.0842 e. The van der Waals surface area contributed by atoms with Gasteiger partial charge in [0, 0.05) is 0 Å². The Morgan fingerprint density at radius 1 is 1.36 bits per heavy atom. The molecule has 0 atom stereocenters. The molecule has 0 heterocycles. The zero-order valence-electron chi connectivity index (χ0n) is 8.44. The van der Waals surface area contributed by atoms with Gasteiger partial charge >= 0.3 is 0 Å². The Bertz CT molecular complexity index is 159. The van der Waals surface area contributed by atoms with E-state index >= 15 is 0 Å². The number of rotatable bonds is 3. The van der Waals surface area contributed by atoms with Crippen LogP contribution >= 0.6 is 0 Å². The molecule has 0 aromatic carbocycles. The molecule has 0 fully saturated rings. The number of hydrogen-bond donors (Lipinski definition) is 0. The minimum atomic E-state index is 0.654. The molecule has 0 N–H and O–H groups in total. The third-order valence-corrected chi connectivity index (χ3v) is 1.97. The molecule has 0 amide bonds. The molecule has 0 saturated carbocycles. The summed E-state index contributed by atoms with van der Waals surface area (Å²) in [6, 6.07) is 0. The van der Waals surface area contributed by atoms with Crippen LogP contribution in [0.15, 0.2) is 23.3 Å². The van der Waals surface area contributed by atoms with Crippen LogP contribution in [-0.2, 0) is 0 Å². The van der Waals surface area contributed by atoms with Crippen molar-refractivity contribution in [1.82, 2.24) is 0 Å². The maximum atomic E-state index is 2.30. The molecular weight excluding hydrogens is 132 g/mol. The molecule has 0 unspecified atom stereocenters. The fourth-order valence-corrected chi connectivity index (χ4v) is 0.970. The van der Waals surface area contributed by atoms with Crippen molar-refractivity contribution in [2.24, 2.45) is 5.92 Å². The first kappa shape index (κ1) is 10.5. The lowest BCUT2D eigenvalue weighted by Gasteiger charge is -2.06. The molecule has 0 bridgehead atoms. The van der Waals surface area contributed by atoms with Crippen molar-refractivity contribution in [2.75, 3.05) is 0 Å². The fourth-order valence-electron chi connectivity index (χ4n) is 0.970. The van der Waals surface area contributed by atoms with E-state index in [0.717, 1.165) is 6.42 Å². The van der Waals surface area contributed by atoms with Crippen molar-refractivity contribution in [3.05, 3.63) is 23.3 Å². The lowest BCUT2D eigenvalue weighted by molar-refractivity contribution is 0.786. The summed E-state index contributed by atoms with van der Waals surface area (Å²) in [5, 5.41) is 0. The standard InChI is InChI=1S/C11H20/c1-6-10(5)8-11(7-2)9(3)4/h7-9H,6H2,1-5H3/b10-8+,11-7+. The van der Waals surface area contributed by atoms with Gasteiger partial charge in [-0.05, 0) is 31.8 Å². The van der Waals surface area contributed by atoms with Gasteiger partial charge in [-0.1, -0.05) is 38.5 Å². The van der Waals surface area contributed by atoms with Gasteiger partial charge in [0.2, 0.25) is 0 Å². The van der Waals surface area contributed by atoms with E-state index in [2.05, 4.69) is 46.8 Å². The van der Waals surface area contributed by atoms with Crippen LogP contribution in [0.3, 0.4) is 0 Å². The van der Waals surface area contributed by atoms with Crippen molar-refractivity contribution in [3.8, 4) is 0 Å². The molecular formula is C11H20. The van der Waals surface area contributed by atoms with Gasteiger partial charge in [-0.3, -0.25) is 0 Å². The molecule has 0 nitrogen and oxygen atoms in total. The largest absolute Gasteiger partial charge is 0.0842 e. The smallest absolute Gasteiger partial charge is 0.0222 e. The first-order valence-corrected chi connectivity index (χ1v) is 4.45. The summed E-state index contributed by atoms with van der Waals surface area (Å²) >= 11 is 0. The van der Waals surface area contributed by atoms with E-state index in [4.69, 9.17) is 0 Å². The quantitative estimate of drug-likeness (QED) is 0.537. The van der Waals surface area contributed by atoms with E-state index in [1.54, 1.807) is 0 Å². The lowest BCUT2D eigenvalue weighted by atomic mass is 10.00. The Hall–Kier alpha value is -0.520. The van der Waals surface area contributed by atoms with Crippen LogP contribution in [0.5, 0.6) is 0 Å². The van der Waals surface area contributed by atoms with Crippen LogP contribution < -0.4 is 0 Å². The van der Waals surface area contributed by atoms with Gasteiger partial charge in [0.15, 0.2) is 0 Å². The molecule has 0 saturated heterocycles. The van der Waals surface area contributed by atoms with E-state index in [1.807, 2.05) is 0 Å². The van der Waals surface area contributed by atoms with E-state index in [9.17, 15) is 0 Å². The summed E-state index contributed by atoms with van der Waals surface area (Å²) in [5.74, 6) is 0.654. The van der Waals surface area contributed by atoms with E-state index in [-0.39, 0.29) is 0 Å². The van der Waals surface area contributed by atoms with Gasteiger partial charge in [-0.2, -0.15) is 0 Å². The maximum Gasteiger partial charge on any atom is -0.0222 e. The fraction of sp³-hybridized carbons (Fsp3) is 0.636. The van der Waals surface area contributed by atoms with E-state index < -0.39 is 0 Å². The Morgan fingerprint density at radius 2 is 1.91 bits per heavy atom. The van der Waals surface area contributed by atoms with Crippen molar-refractivity contribution in [2.45, 2.75) is 41.0 Å². The highest BCUT2D eigenvalue weighted by molar-refractivity contribution is 5.23. The van der Waals surface area contributed by atoms with Crippen molar-refractivity contribution in [3.63, 3.8) is 0 Å². The third kappa shape index (κ3) is 4.02. The number of hydrogen-bond acceptors (Lipinski definition) is 0. The van der Waals surface area contributed by atoms with Gasteiger partial charge in [0.25, 0.3) is 0 Å². The highest BCUT2D eigenvalue weighted by Crippen LogP contribution is 2.14.